The van der Waals surface area contributed by atoms with Crippen LogP contribution in [0.5, 0.6) is 5.75 Å². The van der Waals surface area contributed by atoms with Crippen molar-refractivity contribution in [2.75, 3.05) is 19.0 Å². The van der Waals surface area contributed by atoms with Crippen molar-refractivity contribution < 1.29 is 4.74 Å². The van der Waals surface area contributed by atoms with Crippen LogP contribution in [0.25, 0.3) is 33.4 Å². The van der Waals surface area contributed by atoms with E-state index in [0.717, 1.165) is 39.2 Å². The van der Waals surface area contributed by atoms with Gasteiger partial charge in [-0.15, -0.1) is 6.58 Å². The summed E-state index contributed by atoms with van der Waals surface area (Å²) < 4.78 is 5.35. The van der Waals surface area contributed by atoms with Crippen LogP contribution in [0.2, 0.25) is 0 Å². The Balaban J connectivity index is 1.86. The Hall–Kier alpha value is -3.73. The van der Waals surface area contributed by atoms with Gasteiger partial charge in [-0.1, -0.05) is 24.3 Å². The normalized spacial score (nSPS) is 10.6. The molecule has 138 valence electrons. The number of hydrogen-bond donors (Lipinski definition) is 1. The second-order valence-corrected chi connectivity index (χ2v) is 6.27. The maximum absolute atomic E-state index is 5.35. The van der Waals surface area contributed by atoms with Gasteiger partial charge in [0.15, 0.2) is 5.82 Å². The molecule has 2 aromatic carbocycles. The van der Waals surface area contributed by atoms with Gasteiger partial charge >= 0.3 is 0 Å². The van der Waals surface area contributed by atoms with E-state index in [1.807, 2.05) is 42.5 Å². The van der Waals surface area contributed by atoms with Crippen LogP contribution >= 0.6 is 0 Å². The highest BCUT2D eigenvalue weighted by molar-refractivity contribution is 5.94. The van der Waals surface area contributed by atoms with Crippen molar-refractivity contribution in [3.8, 4) is 28.3 Å². The highest BCUT2D eigenvalue weighted by Crippen LogP contribution is 2.30. The van der Waals surface area contributed by atoms with Gasteiger partial charge in [0.2, 0.25) is 0 Å². The summed E-state index contributed by atoms with van der Waals surface area (Å²) in [5.74, 6) is 2.24. The van der Waals surface area contributed by atoms with Crippen molar-refractivity contribution in [1.82, 2.24) is 15.0 Å². The molecular weight excluding hydrogens is 348 g/mol. The van der Waals surface area contributed by atoms with Crippen molar-refractivity contribution in [1.29, 1.82) is 0 Å². The van der Waals surface area contributed by atoms with Gasteiger partial charge in [-0.25, -0.2) is 9.97 Å². The molecule has 0 aliphatic carbocycles. The zero-order valence-corrected chi connectivity index (χ0v) is 15.6. The SMILES string of the molecule is C=CCNc1nc(-c2cccnc2)nc2ccc(-c3cccc(OC)c3)cc12. The van der Waals surface area contributed by atoms with E-state index in [2.05, 4.69) is 35.1 Å². The van der Waals surface area contributed by atoms with Crippen molar-refractivity contribution in [2.45, 2.75) is 0 Å². The van der Waals surface area contributed by atoms with Crippen molar-refractivity contribution >= 4 is 16.7 Å². The minimum absolute atomic E-state index is 0.613. The molecule has 0 amide bonds. The molecule has 0 saturated carbocycles. The van der Waals surface area contributed by atoms with Gasteiger partial charge in [-0.2, -0.15) is 0 Å². The molecule has 2 heterocycles. The van der Waals surface area contributed by atoms with Gasteiger partial charge < -0.3 is 10.1 Å². The van der Waals surface area contributed by atoms with Gasteiger partial charge in [0, 0.05) is 29.9 Å². The van der Waals surface area contributed by atoms with Crippen LogP contribution in [0, 0.1) is 0 Å². The van der Waals surface area contributed by atoms with E-state index >= 15 is 0 Å². The number of methoxy groups -OCH3 is 1. The predicted molar refractivity (Wildman–Crippen MR) is 113 cm³/mol. The molecule has 28 heavy (non-hydrogen) atoms. The summed E-state index contributed by atoms with van der Waals surface area (Å²) in [7, 11) is 1.67. The summed E-state index contributed by atoms with van der Waals surface area (Å²) in [5.41, 5.74) is 3.90. The van der Waals surface area contributed by atoms with E-state index in [1.54, 1.807) is 19.5 Å². The van der Waals surface area contributed by atoms with E-state index in [1.165, 1.54) is 0 Å². The molecule has 0 fully saturated rings. The van der Waals surface area contributed by atoms with Crippen LogP contribution < -0.4 is 10.1 Å². The molecule has 0 unspecified atom stereocenters. The maximum Gasteiger partial charge on any atom is 0.163 e. The highest BCUT2D eigenvalue weighted by atomic mass is 16.5. The Morgan fingerprint density at radius 1 is 1.00 bits per heavy atom. The number of anilines is 1. The largest absolute Gasteiger partial charge is 0.497 e. The first kappa shape index (κ1) is 17.7. The number of nitrogens with zero attached hydrogens (tertiary/aromatic N) is 3. The molecule has 2 aromatic heterocycles. The number of hydrogen-bond acceptors (Lipinski definition) is 5. The molecule has 0 aliphatic rings. The molecule has 0 spiro atoms. The Kier molecular flexibility index (Phi) is 4.97. The zero-order valence-electron chi connectivity index (χ0n) is 15.6. The van der Waals surface area contributed by atoms with Crippen molar-refractivity contribution in [3.63, 3.8) is 0 Å². The van der Waals surface area contributed by atoms with Gasteiger partial charge in [0.05, 0.1) is 12.6 Å². The van der Waals surface area contributed by atoms with Crippen molar-refractivity contribution in [2.24, 2.45) is 0 Å². The topological polar surface area (TPSA) is 59.9 Å². The maximum atomic E-state index is 5.35. The first-order valence-electron chi connectivity index (χ1n) is 9.00. The number of aromatic nitrogens is 3. The first-order valence-corrected chi connectivity index (χ1v) is 9.00. The minimum atomic E-state index is 0.613. The molecule has 4 rings (SSSR count). The fourth-order valence-corrected chi connectivity index (χ4v) is 3.04. The average Bonchev–Trinajstić information content (AvgIpc) is 2.77. The summed E-state index contributed by atoms with van der Waals surface area (Å²) >= 11 is 0. The van der Waals surface area contributed by atoms with Gasteiger partial charge in [-0.3, -0.25) is 4.98 Å². The molecule has 0 atom stereocenters. The molecular formula is C23H20N4O. The molecule has 0 aliphatic heterocycles. The Morgan fingerprint density at radius 3 is 2.64 bits per heavy atom. The number of rotatable bonds is 6. The monoisotopic (exact) mass is 368 g/mol. The minimum Gasteiger partial charge on any atom is -0.497 e. The second-order valence-electron chi connectivity index (χ2n) is 6.27. The first-order chi connectivity index (χ1) is 13.8. The number of fused-ring (bicyclic) bond motifs is 1. The summed E-state index contributed by atoms with van der Waals surface area (Å²) in [5, 5.41) is 4.29. The summed E-state index contributed by atoms with van der Waals surface area (Å²) in [6, 6.07) is 18.0. The van der Waals surface area contributed by atoms with E-state index in [4.69, 9.17) is 14.7 Å². The van der Waals surface area contributed by atoms with Crippen LogP contribution in [0.1, 0.15) is 0 Å². The lowest BCUT2D eigenvalue weighted by atomic mass is 10.0. The quantitative estimate of drug-likeness (QED) is 0.487. The van der Waals surface area contributed by atoms with E-state index in [0.29, 0.717) is 12.4 Å². The van der Waals surface area contributed by atoms with Crippen LogP contribution in [0.4, 0.5) is 5.82 Å². The smallest absolute Gasteiger partial charge is 0.163 e. The third kappa shape index (κ3) is 3.55. The van der Waals surface area contributed by atoms with Crippen LogP contribution in [0.3, 0.4) is 0 Å². The Morgan fingerprint density at radius 2 is 1.86 bits per heavy atom. The summed E-state index contributed by atoms with van der Waals surface area (Å²) in [6.07, 6.45) is 5.31. The fraction of sp³-hybridized carbons (Fsp3) is 0.0870. The van der Waals surface area contributed by atoms with Crippen LogP contribution in [-0.2, 0) is 0 Å². The third-order valence-corrected chi connectivity index (χ3v) is 4.43. The fourth-order valence-electron chi connectivity index (χ4n) is 3.04. The zero-order chi connectivity index (χ0) is 19.3. The lowest BCUT2D eigenvalue weighted by Gasteiger charge is -2.12. The van der Waals surface area contributed by atoms with E-state index < -0.39 is 0 Å². The van der Waals surface area contributed by atoms with E-state index in [9.17, 15) is 0 Å². The standard InChI is InChI=1S/C23H20N4O/c1-3-11-25-23-20-14-17(16-6-4-8-19(13-16)28-2)9-10-21(20)26-22(27-23)18-7-5-12-24-15-18/h3-10,12-15H,1,11H2,2H3,(H,25,26,27). The van der Waals surface area contributed by atoms with Gasteiger partial charge in [0.1, 0.15) is 11.6 Å². The predicted octanol–water partition coefficient (Wildman–Crippen LogP) is 4.97. The van der Waals surface area contributed by atoms with E-state index in [-0.39, 0.29) is 0 Å². The number of benzene rings is 2. The average molecular weight is 368 g/mol. The Bertz CT molecular complexity index is 1130. The van der Waals surface area contributed by atoms with Crippen LogP contribution in [0.15, 0.2) is 79.6 Å². The van der Waals surface area contributed by atoms with Gasteiger partial charge in [-0.05, 0) is 47.5 Å². The molecule has 5 nitrogen and oxygen atoms in total. The lowest BCUT2D eigenvalue weighted by molar-refractivity contribution is 0.415. The van der Waals surface area contributed by atoms with Crippen molar-refractivity contribution in [3.05, 3.63) is 79.6 Å². The molecule has 5 heteroatoms. The van der Waals surface area contributed by atoms with Crippen LogP contribution in [-0.4, -0.2) is 28.6 Å². The third-order valence-electron chi connectivity index (χ3n) is 4.43. The van der Waals surface area contributed by atoms with Gasteiger partial charge in [0.25, 0.3) is 0 Å². The number of pyridine rings is 1. The number of nitrogens with one attached hydrogen (secondary N) is 1. The lowest BCUT2D eigenvalue weighted by Crippen LogP contribution is -2.04. The summed E-state index contributed by atoms with van der Waals surface area (Å²) in [6.45, 7) is 4.40. The highest BCUT2D eigenvalue weighted by Gasteiger charge is 2.11. The molecule has 0 bridgehead atoms. The molecule has 1 N–H and O–H groups in total. The molecule has 0 saturated heterocycles. The summed E-state index contributed by atoms with van der Waals surface area (Å²) in [4.78, 5) is 13.7. The molecule has 0 radical (unpaired) electrons. The number of ether oxygens (including phenoxy) is 1. The molecule has 4 aromatic rings. The Labute approximate surface area is 163 Å². The second kappa shape index (κ2) is 7.88.